The van der Waals surface area contributed by atoms with Crippen LogP contribution in [0.2, 0.25) is 0 Å². The van der Waals surface area contributed by atoms with Crippen molar-refractivity contribution in [2.45, 2.75) is 63.4 Å². The fourth-order valence-electron chi connectivity index (χ4n) is 3.48. The summed E-state index contributed by atoms with van der Waals surface area (Å²) in [6.45, 7) is 2.35. The Labute approximate surface area is 122 Å². The van der Waals surface area contributed by atoms with Gasteiger partial charge in [-0.1, -0.05) is 31.9 Å². The second-order valence-electron chi connectivity index (χ2n) is 6.93. The van der Waals surface area contributed by atoms with Gasteiger partial charge in [0.15, 0.2) is 0 Å². The number of aliphatic hydroxyl groups is 1. The SMILES string of the molecule is COc1ccc(CC2(O)CC2)cc1C1CCC(C)CC1. The van der Waals surface area contributed by atoms with Gasteiger partial charge in [0.25, 0.3) is 0 Å². The number of rotatable bonds is 4. The third-order valence-corrected chi connectivity index (χ3v) is 5.11. The van der Waals surface area contributed by atoms with E-state index in [-0.39, 0.29) is 0 Å². The highest BCUT2D eigenvalue weighted by Crippen LogP contribution is 2.42. The lowest BCUT2D eigenvalue weighted by atomic mass is 9.78. The van der Waals surface area contributed by atoms with Crippen molar-refractivity contribution >= 4 is 0 Å². The van der Waals surface area contributed by atoms with E-state index < -0.39 is 5.60 Å². The molecule has 0 aromatic heterocycles. The van der Waals surface area contributed by atoms with Gasteiger partial charge in [0.2, 0.25) is 0 Å². The van der Waals surface area contributed by atoms with Crippen LogP contribution < -0.4 is 4.74 Å². The Balaban J connectivity index is 1.81. The van der Waals surface area contributed by atoms with Gasteiger partial charge in [-0.2, -0.15) is 0 Å². The summed E-state index contributed by atoms with van der Waals surface area (Å²) in [5.41, 5.74) is 2.22. The van der Waals surface area contributed by atoms with Crippen LogP contribution in [-0.4, -0.2) is 17.8 Å². The molecule has 3 rings (SSSR count). The maximum atomic E-state index is 10.1. The lowest BCUT2D eigenvalue weighted by Crippen LogP contribution is -2.14. The smallest absolute Gasteiger partial charge is 0.122 e. The molecule has 0 amide bonds. The van der Waals surface area contributed by atoms with E-state index in [1.807, 2.05) is 0 Å². The van der Waals surface area contributed by atoms with E-state index in [1.165, 1.54) is 36.8 Å². The van der Waals surface area contributed by atoms with Crippen molar-refractivity contribution in [3.63, 3.8) is 0 Å². The van der Waals surface area contributed by atoms with Crippen LogP contribution in [0.15, 0.2) is 18.2 Å². The third kappa shape index (κ3) is 3.01. The summed E-state index contributed by atoms with van der Waals surface area (Å²) < 4.78 is 5.56. The summed E-state index contributed by atoms with van der Waals surface area (Å²) in [6, 6.07) is 6.49. The van der Waals surface area contributed by atoms with Gasteiger partial charge in [-0.05, 0) is 54.7 Å². The topological polar surface area (TPSA) is 29.5 Å². The molecule has 0 unspecified atom stereocenters. The van der Waals surface area contributed by atoms with Gasteiger partial charge in [-0.15, -0.1) is 0 Å². The molecule has 2 saturated carbocycles. The van der Waals surface area contributed by atoms with Gasteiger partial charge in [0, 0.05) is 6.42 Å². The van der Waals surface area contributed by atoms with Gasteiger partial charge in [-0.3, -0.25) is 0 Å². The summed E-state index contributed by atoms with van der Waals surface area (Å²) in [4.78, 5) is 0. The molecule has 1 N–H and O–H groups in total. The highest BCUT2D eigenvalue weighted by atomic mass is 16.5. The Kier molecular flexibility index (Phi) is 3.76. The second-order valence-corrected chi connectivity index (χ2v) is 6.93. The van der Waals surface area contributed by atoms with Crippen molar-refractivity contribution in [2.75, 3.05) is 7.11 Å². The minimum Gasteiger partial charge on any atom is -0.496 e. The molecular weight excluding hydrogens is 248 g/mol. The van der Waals surface area contributed by atoms with E-state index in [0.717, 1.165) is 30.9 Å². The molecule has 2 nitrogen and oxygen atoms in total. The number of benzene rings is 1. The normalized spacial score (nSPS) is 28.1. The molecule has 2 fully saturated rings. The lowest BCUT2D eigenvalue weighted by molar-refractivity contribution is 0.151. The predicted molar refractivity (Wildman–Crippen MR) is 81.3 cm³/mol. The average Bonchev–Trinajstić information content (AvgIpc) is 3.17. The molecule has 110 valence electrons. The van der Waals surface area contributed by atoms with E-state index in [0.29, 0.717) is 5.92 Å². The molecule has 2 aliphatic carbocycles. The van der Waals surface area contributed by atoms with Gasteiger partial charge < -0.3 is 9.84 Å². The zero-order valence-electron chi connectivity index (χ0n) is 12.7. The number of hydrogen-bond donors (Lipinski definition) is 1. The van der Waals surface area contributed by atoms with Crippen molar-refractivity contribution < 1.29 is 9.84 Å². The molecule has 0 saturated heterocycles. The minimum absolute atomic E-state index is 0.410. The summed E-state index contributed by atoms with van der Waals surface area (Å²) in [7, 11) is 1.76. The molecule has 1 aromatic rings. The highest BCUT2D eigenvalue weighted by molar-refractivity contribution is 5.40. The molecule has 1 aromatic carbocycles. The zero-order chi connectivity index (χ0) is 14.2. The first-order valence-electron chi connectivity index (χ1n) is 7.99. The van der Waals surface area contributed by atoms with Crippen molar-refractivity contribution in [1.29, 1.82) is 0 Å². The molecule has 0 aliphatic heterocycles. The standard InChI is InChI=1S/C18H26O2/c1-13-3-6-15(7-4-13)16-11-14(5-8-17(16)20-2)12-18(19)9-10-18/h5,8,11,13,15,19H,3-4,6-7,9-10,12H2,1-2H3. The number of ether oxygens (including phenoxy) is 1. The first kappa shape index (κ1) is 13.9. The van der Waals surface area contributed by atoms with Crippen molar-refractivity contribution in [3.8, 4) is 5.75 Å². The zero-order valence-corrected chi connectivity index (χ0v) is 12.7. The molecule has 0 spiro atoms. The Morgan fingerprint density at radius 3 is 2.50 bits per heavy atom. The van der Waals surface area contributed by atoms with Crippen LogP contribution in [0.25, 0.3) is 0 Å². The number of methoxy groups -OCH3 is 1. The minimum atomic E-state index is -0.410. The number of hydrogen-bond acceptors (Lipinski definition) is 2. The van der Waals surface area contributed by atoms with Gasteiger partial charge in [0.1, 0.15) is 5.75 Å². The van der Waals surface area contributed by atoms with Gasteiger partial charge in [-0.25, -0.2) is 0 Å². The molecule has 0 heterocycles. The Bertz CT molecular complexity index is 468. The van der Waals surface area contributed by atoms with E-state index in [4.69, 9.17) is 4.74 Å². The van der Waals surface area contributed by atoms with Crippen LogP contribution in [0, 0.1) is 5.92 Å². The second kappa shape index (κ2) is 5.40. The average molecular weight is 274 g/mol. The molecule has 0 radical (unpaired) electrons. The van der Waals surface area contributed by atoms with Crippen LogP contribution in [0.3, 0.4) is 0 Å². The molecule has 20 heavy (non-hydrogen) atoms. The van der Waals surface area contributed by atoms with E-state index in [9.17, 15) is 5.11 Å². The van der Waals surface area contributed by atoms with Gasteiger partial charge in [0.05, 0.1) is 12.7 Å². The summed E-state index contributed by atoms with van der Waals surface area (Å²) in [5.74, 6) is 2.53. The van der Waals surface area contributed by atoms with Crippen LogP contribution in [0.4, 0.5) is 0 Å². The molecule has 2 aliphatic rings. The Morgan fingerprint density at radius 1 is 1.20 bits per heavy atom. The van der Waals surface area contributed by atoms with Crippen molar-refractivity contribution in [2.24, 2.45) is 5.92 Å². The quantitative estimate of drug-likeness (QED) is 0.897. The van der Waals surface area contributed by atoms with E-state index in [1.54, 1.807) is 7.11 Å². The first-order valence-corrected chi connectivity index (χ1v) is 7.99. The maximum Gasteiger partial charge on any atom is 0.122 e. The summed E-state index contributed by atoms with van der Waals surface area (Å²) in [5, 5.41) is 10.1. The van der Waals surface area contributed by atoms with E-state index in [2.05, 4.69) is 25.1 Å². The third-order valence-electron chi connectivity index (χ3n) is 5.11. The molecule has 0 bridgehead atoms. The summed E-state index contributed by atoms with van der Waals surface area (Å²) >= 11 is 0. The van der Waals surface area contributed by atoms with Crippen molar-refractivity contribution in [3.05, 3.63) is 29.3 Å². The van der Waals surface area contributed by atoms with Crippen LogP contribution in [0.5, 0.6) is 5.75 Å². The van der Waals surface area contributed by atoms with Crippen LogP contribution >= 0.6 is 0 Å². The highest BCUT2D eigenvalue weighted by Gasteiger charge is 2.40. The monoisotopic (exact) mass is 274 g/mol. The van der Waals surface area contributed by atoms with Crippen LogP contribution in [-0.2, 0) is 6.42 Å². The van der Waals surface area contributed by atoms with Crippen molar-refractivity contribution in [1.82, 2.24) is 0 Å². The fourth-order valence-corrected chi connectivity index (χ4v) is 3.48. The largest absolute Gasteiger partial charge is 0.496 e. The van der Waals surface area contributed by atoms with Crippen LogP contribution in [0.1, 0.15) is 62.5 Å². The molecule has 2 heteroatoms. The molecule has 0 atom stereocenters. The van der Waals surface area contributed by atoms with E-state index >= 15 is 0 Å². The Morgan fingerprint density at radius 2 is 1.90 bits per heavy atom. The predicted octanol–water partition coefficient (Wildman–Crippen LogP) is 4.06. The summed E-state index contributed by atoms with van der Waals surface area (Å²) in [6.07, 6.45) is 7.89. The lowest BCUT2D eigenvalue weighted by Gasteiger charge is -2.28. The van der Waals surface area contributed by atoms with Gasteiger partial charge >= 0.3 is 0 Å². The first-order chi connectivity index (χ1) is 9.59. The fraction of sp³-hybridized carbons (Fsp3) is 0.667. The maximum absolute atomic E-state index is 10.1. The molecular formula is C18H26O2. The Hall–Kier alpha value is -1.02.